The monoisotopic (exact) mass is 1100 g/mol. The lowest BCUT2D eigenvalue weighted by atomic mass is 10.2. The van der Waals surface area contributed by atoms with Crippen molar-refractivity contribution in [2.75, 3.05) is 69.6 Å². The molecule has 19 heteroatoms. The van der Waals surface area contributed by atoms with Gasteiger partial charge in [0.2, 0.25) is 11.8 Å². The van der Waals surface area contributed by atoms with Gasteiger partial charge in [0.15, 0.2) is 21.2 Å². The first kappa shape index (κ1) is 72.3. The van der Waals surface area contributed by atoms with Crippen LogP contribution in [-0.4, -0.2) is 127 Å². The normalized spacial score (nSPS) is 9.09. The molecular weight excluding hydrogens is 1020 g/mol. The number of carbonyl (C=O) groups excluding carboxylic acids is 5. The van der Waals surface area contributed by atoms with Gasteiger partial charge in [-0.1, -0.05) is 145 Å². The molecule has 0 N–H and O–H groups in total. The third-order valence-corrected chi connectivity index (χ3v) is 11.6. The summed E-state index contributed by atoms with van der Waals surface area (Å²) in [4.78, 5) is 65.5. The summed E-state index contributed by atoms with van der Waals surface area (Å²) in [6.07, 6.45) is 1.77. The van der Waals surface area contributed by atoms with Gasteiger partial charge < -0.3 is 19.6 Å². The average Bonchev–Trinajstić information content (AvgIpc) is 3.57. The van der Waals surface area contributed by atoms with Crippen LogP contribution in [-0.2, 0) is 26.2 Å². The number of anilines is 3. The van der Waals surface area contributed by atoms with E-state index < -0.39 is 0 Å². The number of thiocarbonyl (C=S) groups is 3. The first-order valence-corrected chi connectivity index (χ1v) is 26.2. The Morgan fingerprint density at radius 3 is 1.10 bits per heavy atom. The third kappa shape index (κ3) is 36.7. The second-order valence-corrected chi connectivity index (χ2v) is 19.2. The maximum Gasteiger partial charge on any atom is 0.228 e. The molecule has 2 amide bonds. The van der Waals surface area contributed by atoms with Gasteiger partial charge in [0.1, 0.15) is 5.15 Å². The van der Waals surface area contributed by atoms with Crippen molar-refractivity contribution in [3.63, 3.8) is 0 Å². The average molecular weight is 1100 g/mol. The number of hydrogen-bond acceptors (Lipinski definition) is 11. The van der Waals surface area contributed by atoms with Crippen molar-refractivity contribution < 1.29 is 24.0 Å². The Bertz CT molecular complexity index is 2090. The molecule has 0 aliphatic carbocycles. The Kier molecular flexibility index (Phi) is 45.0. The predicted octanol–water partition coefficient (Wildman–Crippen LogP) is 13.0. The van der Waals surface area contributed by atoms with Crippen molar-refractivity contribution in [3.05, 3.63) is 107 Å². The van der Waals surface area contributed by atoms with E-state index in [-0.39, 0.29) is 43.7 Å². The highest BCUT2D eigenvalue weighted by atomic mass is 35.5. The van der Waals surface area contributed by atoms with Crippen molar-refractivity contribution in [2.45, 2.75) is 83.1 Å². The summed E-state index contributed by atoms with van der Waals surface area (Å²) in [6, 6.07) is 28.8. The number of halogens is 2. The van der Waals surface area contributed by atoms with Crippen molar-refractivity contribution in [2.24, 2.45) is 7.05 Å². The topological polar surface area (TPSA) is 119 Å². The van der Waals surface area contributed by atoms with Crippen LogP contribution in [0, 0.1) is 0 Å². The summed E-state index contributed by atoms with van der Waals surface area (Å²) in [5, 5.41) is 4.58. The lowest BCUT2D eigenvalue weighted by Crippen LogP contribution is -2.26. The van der Waals surface area contributed by atoms with E-state index >= 15 is 0 Å². The van der Waals surface area contributed by atoms with Crippen LogP contribution in [0.5, 0.6) is 0 Å². The lowest BCUT2D eigenvalue weighted by Gasteiger charge is -2.21. The summed E-state index contributed by atoms with van der Waals surface area (Å²) < 4.78 is 1.36. The SMILES string of the molecule is CC(=O)N(C)c1ccccc1.CC(=O)N(c1ccccc1)c1ccccc1.CC(=O)c1c(Cl)nn(C)c1Cl.CC(=S)N(C)C.CCN(C)C(C)=S.CCN(CC)C(C)=S.CCSC(C)=O.CSC(C)=O. The molecule has 12 nitrogen and oxygen atoms in total. The zero-order valence-electron chi connectivity index (χ0n) is 44.5. The number of rotatable bonds is 8. The molecule has 0 bridgehead atoms. The van der Waals surface area contributed by atoms with Gasteiger partial charge in [-0.05, 0) is 96.9 Å². The molecule has 0 fully saturated rings. The first-order valence-electron chi connectivity index (χ1n) is 22.0. The molecule has 4 rings (SSSR count). The number of amides is 2. The van der Waals surface area contributed by atoms with E-state index in [1.165, 1.54) is 35.1 Å². The van der Waals surface area contributed by atoms with E-state index in [1.54, 1.807) is 57.8 Å². The van der Waals surface area contributed by atoms with Crippen LogP contribution in [0.1, 0.15) is 93.4 Å². The molecule has 0 aliphatic heterocycles. The van der Waals surface area contributed by atoms with Gasteiger partial charge in [-0.15, -0.1) is 0 Å². The van der Waals surface area contributed by atoms with Crippen LogP contribution < -0.4 is 9.80 Å². The van der Waals surface area contributed by atoms with Crippen molar-refractivity contribution in [1.29, 1.82) is 0 Å². The van der Waals surface area contributed by atoms with Gasteiger partial charge in [-0.3, -0.25) is 33.6 Å². The Balaban J connectivity index is -0.000000367. The number of hydrogen-bond donors (Lipinski definition) is 0. The molecule has 1 aromatic heterocycles. The third-order valence-electron chi connectivity index (χ3n) is 8.73. The lowest BCUT2D eigenvalue weighted by molar-refractivity contribution is -0.116. The number of aryl methyl sites for hydroxylation is 1. The Labute approximate surface area is 455 Å². The standard InChI is InChI=1S/C14H13NO.C9H11NO.C6H6Cl2N2O.C6H13NS.C5H11NS.C4H9NS.C4H8OS.C3H6OS/c1-12(16)15(13-8-4-2-5-9-13)14-10-6-3-7-11-14;1-8(11)10(2)9-6-4-3-5-7-9;1-3(11)4-5(7)9-10(2)6(4)8;1-4-7(5-2)6(3)8;1-4-6(3)5(2)7;1-4(6)5(2)3;1-3-6-4(2)5;1-3(4)5-2/h2-11H,1H3;3-7H,1-2H3;1-2H3;4-5H2,1-3H3;4H2,1-3H3;1-3H3;3H2,1-2H3;1-2H3. The molecule has 0 unspecified atom stereocenters. The second-order valence-electron chi connectivity index (χ2n) is 14.3. The number of thioether (sulfide) groups is 2. The maximum absolute atomic E-state index is 11.7. The smallest absolute Gasteiger partial charge is 0.228 e. The largest absolute Gasteiger partial charge is 0.373 e. The van der Waals surface area contributed by atoms with Gasteiger partial charge in [-0.25, -0.2) is 0 Å². The Morgan fingerprint density at radius 1 is 0.586 bits per heavy atom. The van der Waals surface area contributed by atoms with Crippen LogP contribution >= 0.6 is 83.4 Å². The molecule has 0 radical (unpaired) electrons. The molecular formula is C51H77Cl2N7O5S5. The van der Waals surface area contributed by atoms with E-state index in [0.29, 0.717) is 0 Å². The summed E-state index contributed by atoms with van der Waals surface area (Å²) in [5.41, 5.74) is 3.00. The van der Waals surface area contributed by atoms with E-state index in [4.69, 9.17) is 59.9 Å². The molecule has 0 spiro atoms. The minimum atomic E-state index is -0.173. The number of Topliss-reactive ketones (excluding diaryl/α,β-unsaturated/α-hetero) is 1. The van der Waals surface area contributed by atoms with Gasteiger partial charge in [0, 0.05) is 99.6 Å². The van der Waals surface area contributed by atoms with E-state index in [2.05, 4.69) is 30.8 Å². The minimum Gasteiger partial charge on any atom is -0.373 e. The highest BCUT2D eigenvalue weighted by Crippen LogP contribution is 2.25. The van der Waals surface area contributed by atoms with Gasteiger partial charge in [-0.2, -0.15) is 5.10 Å². The van der Waals surface area contributed by atoms with Gasteiger partial charge in [0.05, 0.1) is 20.5 Å². The Hall–Kier alpha value is -4.23. The van der Waals surface area contributed by atoms with Crippen molar-refractivity contribution in [3.8, 4) is 0 Å². The van der Waals surface area contributed by atoms with Crippen LogP contribution in [0.2, 0.25) is 10.3 Å². The number of aromatic nitrogens is 2. The first-order chi connectivity index (χ1) is 32.6. The van der Waals surface area contributed by atoms with Crippen molar-refractivity contribution >= 4 is 143 Å². The predicted molar refractivity (Wildman–Crippen MR) is 317 cm³/mol. The van der Waals surface area contributed by atoms with Crippen LogP contribution in [0.25, 0.3) is 0 Å². The molecule has 1 heterocycles. The molecule has 3 aromatic carbocycles. The van der Waals surface area contributed by atoms with Crippen LogP contribution in [0.3, 0.4) is 0 Å². The molecule has 0 saturated carbocycles. The second kappa shape index (κ2) is 43.5. The molecule has 0 atom stereocenters. The number of ketones is 1. The van der Waals surface area contributed by atoms with E-state index in [9.17, 15) is 24.0 Å². The highest BCUT2D eigenvalue weighted by molar-refractivity contribution is 8.13. The fourth-order valence-electron chi connectivity index (χ4n) is 4.36. The number of benzene rings is 3. The van der Waals surface area contributed by atoms with Crippen LogP contribution in [0.15, 0.2) is 91.0 Å². The highest BCUT2D eigenvalue weighted by Gasteiger charge is 2.16. The van der Waals surface area contributed by atoms with Crippen molar-refractivity contribution in [1.82, 2.24) is 24.5 Å². The Morgan fingerprint density at radius 2 is 0.957 bits per heavy atom. The molecule has 4 aromatic rings. The summed E-state index contributed by atoms with van der Waals surface area (Å²) in [5.74, 6) is 0.789. The summed E-state index contributed by atoms with van der Waals surface area (Å²) in [7, 11) is 9.24. The fraction of sp³-hybridized carbons (Fsp3) is 0.431. The summed E-state index contributed by atoms with van der Waals surface area (Å²) in [6.45, 7) is 24.8. The molecule has 70 heavy (non-hydrogen) atoms. The quantitative estimate of drug-likeness (QED) is 0.123. The zero-order chi connectivity index (χ0) is 55.1. The zero-order valence-corrected chi connectivity index (χ0v) is 50.1. The number of para-hydroxylation sites is 3. The minimum absolute atomic E-state index is 0.0115. The molecule has 390 valence electrons. The van der Waals surface area contributed by atoms with E-state index in [1.807, 2.05) is 150 Å². The molecule has 0 aliphatic rings. The van der Waals surface area contributed by atoms with Gasteiger partial charge in [0.25, 0.3) is 0 Å². The summed E-state index contributed by atoms with van der Waals surface area (Å²) >= 11 is 28.4. The fourth-order valence-corrected chi connectivity index (χ4v) is 5.80. The van der Waals surface area contributed by atoms with E-state index in [0.717, 1.165) is 57.4 Å². The maximum atomic E-state index is 11.7. The molecule has 0 saturated heterocycles. The van der Waals surface area contributed by atoms with Gasteiger partial charge >= 0.3 is 0 Å². The number of carbonyl (C=O) groups is 5. The number of nitrogens with zero attached hydrogens (tertiary/aromatic N) is 7. The van der Waals surface area contributed by atoms with Crippen LogP contribution in [0.4, 0.5) is 17.1 Å².